The highest BCUT2D eigenvalue weighted by Crippen LogP contribution is 2.31. The van der Waals surface area contributed by atoms with Gasteiger partial charge in [0.25, 0.3) is 0 Å². The van der Waals surface area contributed by atoms with E-state index < -0.39 is 0 Å². The lowest BCUT2D eigenvalue weighted by Crippen LogP contribution is -2.53. The molecular formula is C18H24N4O2. The molecular weight excluding hydrogens is 304 g/mol. The normalized spacial score (nSPS) is 23.5. The van der Waals surface area contributed by atoms with Gasteiger partial charge in [0.05, 0.1) is 6.04 Å². The monoisotopic (exact) mass is 328 g/mol. The highest BCUT2D eigenvalue weighted by Gasteiger charge is 2.35. The Balaban J connectivity index is 1.49. The number of rotatable bonds is 1. The Kier molecular flexibility index (Phi) is 3.82. The standard InChI is InChI=1S/C18H24N4O2/c1-13-4-2-6-16-15(13)7-10-22(16)18(24)20-9-3-5-14(12-20)21-11-8-19-17(21)23/h2,4,6,14H,3,5,7-12H2,1H3,(H,19,23). The Morgan fingerprint density at radius 3 is 2.92 bits per heavy atom. The molecule has 0 aromatic heterocycles. The molecule has 6 nitrogen and oxygen atoms in total. The van der Waals surface area contributed by atoms with Gasteiger partial charge in [0, 0.05) is 38.4 Å². The van der Waals surface area contributed by atoms with Gasteiger partial charge in [0.1, 0.15) is 0 Å². The van der Waals surface area contributed by atoms with Gasteiger partial charge < -0.3 is 15.1 Å². The molecule has 0 saturated carbocycles. The maximum absolute atomic E-state index is 13.0. The van der Waals surface area contributed by atoms with E-state index >= 15 is 0 Å². The van der Waals surface area contributed by atoms with Crippen molar-refractivity contribution in [2.24, 2.45) is 0 Å². The predicted molar refractivity (Wildman–Crippen MR) is 92.3 cm³/mol. The summed E-state index contributed by atoms with van der Waals surface area (Å²) in [5, 5.41) is 2.86. The summed E-state index contributed by atoms with van der Waals surface area (Å²) in [5.74, 6) is 0. The van der Waals surface area contributed by atoms with E-state index in [2.05, 4.69) is 18.3 Å². The first-order chi connectivity index (χ1) is 11.6. The smallest absolute Gasteiger partial charge is 0.324 e. The molecule has 4 amide bonds. The molecule has 128 valence electrons. The van der Waals surface area contributed by atoms with Crippen LogP contribution in [0.2, 0.25) is 0 Å². The third-order valence-corrected chi connectivity index (χ3v) is 5.49. The molecule has 1 atom stereocenters. The number of amides is 4. The maximum atomic E-state index is 13.0. The third-order valence-electron chi connectivity index (χ3n) is 5.49. The maximum Gasteiger partial charge on any atom is 0.324 e. The quantitative estimate of drug-likeness (QED) is 0.857. The number of urea groups is 2. The topological polar surface area (TPSA) is 55.9 Å². The molecule has 3 heterocycles. The van der Waals surface area contributed by atoms with Crippen molar-refractivity contribution in [1.82, 2.24) is 15.1 Å². The van der Waals surface area contributed by atoms with Gasteiger partial charge in [0.2, 0.25) is 0 Å². The van der Waals surface area contributed by atoms with Gasteiger partial charge >= 0.3 is 12.1 Å². The van der Waals surface area contributed by atoms with Gasteiger partial charge in [-0.15, -0.1) is 0 Å². The number of nitrogens with one attached hydrogen (secondary N) is 1. The van der Waals surface area contributed by atoms with Gasteiger partial charge in [-0.05, 0) is 43.4 Å². The fourth-order valence-electron chi connectivity index (χ4n) is 4.20. The molecule has 2 saturated heterocycles. The van der Waals surface area contributed by atoms with E-state index in [1.807, 2.05) is 26.8 Å². The molecule has 1 aromatic carbocycles. The molecule has 0 aliphatic carbocycles. The minimum atomic E-state index is 0.0106. The zero-order chi connectivity index (χ0) is 16.7. The molecule has 6 heteroatoms. The van der Waals surface area contributed by atoms with Crippen LogP contribution in [0.3, 0.4) is 0 Å². The van der Waals surface area contributed by atoms with Crippen LogP contribution in [0, 0.1) is 6.92 Å². The van der Waals surface area contributed by atoms with Crippen molar-refractivity contribution in [2.45, 2.75) is 32.2 Å². The van der Waals surface area contributed by atoms with Crippen LogP contribution < -0.4 is 10.2 Å². The zero-order valence-electron chi connectivity index (χ0n) is 14.1. The van der Waals surface area contributed by atoms with Crippen LogP contribution in [0.5, 0.6) is 0 Å². The van der Waals surface area contributed by atoms with Gasteiger partial charge in [-0.3, -0.25) is 4.90 Å². The van der Waals surface area contributed by atoms with E-state index in [-0.39, 0.29) is 18.1 Å². The summed E-state index contributed by atoms with van der Waals surface area (Å²) in [7, 11) is 0. The molecule has 1 aromatic rings. The zero-order valence-corrected chi connectivity index (χ0v) is 14.1. The molecule has 0 spiro atoms. The lowest BCUT2D eigenvalue weighted by Gasteiger charge is -2.38. The largest absolute Gasteiger partial charge is 0.336 e. The summed E-state index contributed by atoms with van der Waals surface area (Å²) in [6, 6.07) is 6.41. The Bertz CT molecular complexity index is 675. The molecule has 2 fully saturated rings. The second kappa shape index (κ2) is 6.00. The van der Waals surface area contributed by atoms with Crippen molar-refractivity contribution in [3.05, 3.63) is 29.3 Å². The number of piperidine rings is 1. The van der Waals surface area contributed by atoms with Crippen molar-refractivity contribution >= 4 is 17.7 Å². The minimum absolute atomic E-state index is 0.0106. The van der Waals surface area contributed by atoms with Crippen molar-refractivity contribution in [1.29, 1.82) is 0 Å². The lowest BCUT2D eigenvalue weighted by molar-refractivity contribution is 0.136. The Morgan fingerprint density at radius 1 is 1.25 bits per heavy atom. The summed E-state index contributed by atoms with van der Waals surface area (Å²) in [6.45, 7) is 5.74. The average Bonchev–Trinajstić information content (AvgIpc) is 3.21. The van der Waals surface area contributed by atoms with Crippen LogP contribution in [0.1, 0.15) is 24.0 Å². The number of carbonyl (C=O) groups is 2. The van der Waals surface area contributed by atoms with Crippen molar-refractivity contribution < 1.29 is 9.59 Å². The van der Waals surface area contributed by atoms with Crippen LogP contribution in [0.15, 0.2) is 18.2 Å². The highest BCUT2D eigenvalue weighted by molar-refractivity contribution is 5.94. The van der Waals surface area contributed by atoms with Crippen molar-refractivity contribution in [3.8, 4) is 0 Å². The predicted octanol–water partition coefficient (Wildman–Crippen LogP) is 1.97. The highest BCUT2D eigenvalue weighted by atomic mass is 16.2. The Morgan fingerprint density at radius 2 is 2.12 bits per heavy atom. The summed E-state index contributed by atoms with van der Waals surface area (Å²) in [6.07, 6.45) is 2.86. The number of hydrogen-bond acceptors (Lipinski definition) is 2. The van der Waals surface area contributed by atoms with Gasteiger partial charge in [-0.1, -0.05) is 12.1 Å². The van der Waals surface area contributed by atoms with E-state index in [0.29, 0.717) is 13.1 Å². The molecule has 0 bridgehead atoms. The number of aryl methyl sites for hydroxylation is 1. The van der Waals surface area contributed by atoms with Gasteiger partial charge in [0.15, 0.2) is 0 Å². The summed E-state index contributed by atoms with van der Waals surface area (Å²) < 4.78 is 0. The first-order valence-corrected chi connectivity index (χ1v) is 8.84. The number of nitrogens with zero attached hydrogens (tertiary/aromatic N) is 3. The number of carbonyl (C=O) groups excluding carboxylic acids is 2. The lowest BCUT2D eigenvalue weighted by atomic mass is 10.0. The number of hydrogen-bond donors (Lipinski definition) is 1. The first kappa shape index (κ1) is 15.3. The van der Waals surface area contributed by atoms with E-state index in [1.54, 1.807) is 0 Å². The number of likely N-dealkylation sites (tertiary alicyclic amines) is 1. The number of fused-ring (bicyclic) bond motifs is 1. The minimum Gasteiger partial charge on any atom is -0.336 e. The SMILES string of the molecule is Cc1cccc2c1CCN2C(=O)N1CCCC(N2CCNC2=O)C1. The molecule has 1 unspecified atom stereocenters. The molecule has 3 aliphatic heterocycles. The van der Waals surface area contributed by atoms with Crippen LogP contribution in [-0.2, 0) is 6.42 Å². The number of anilines is 1. The van der Waals surface area contributed by atoms with Gasteiger partial charge in [-0.2, -0.15) is 0 Å². The number of benzene rings is 1. The molecule has 4 rings (SSSR count). The van der Waals surface area contributed by atoms with Crippen molar-refractivity contribution in [3.63, 3.8) is 0 Å². The van der Waals surface area contributed by atoms with Gasteiger partial charge in [-0.25, -0.2) is 9.59 Å². The van der Waals surface area contributed by atoms with E-state index in [1.165, 1.54) is 11.1 Å². The second-order valence-corrected chi connectivity index (χ2v) is 6.92. The molecule has 0 radical (unpaired) electrons. The third kappa shape index (κ3) is 2.50. The molecule has 3 aliphatic rings. The fraction of sp³-hybridized carbons (Fsp3) is 0.556. The summed E-state index contributed by atoms with van der Waals surface area (Å²) in [4.78, 5) is 30.7. The second-order valence-electron chi connectivity index (χ2n) is 6.92. The van der Waals surface area contributed by atoms with Crippen LogP contribution in [0.25, 0.3) is 0 Å². The van der Waals surface area contributed by atoms with Crippen LogP contribution >= 0.6 is 0 Å². The van der Waals surface area contributed by atoms with E-state index in [0.717, 1.165) is 44.6 Å². The van der Waals surface area contributed by atoms with Crippen molar-refractivity contribution in [2.75, 3.05) is 37.6 Å². The summed E-state index contributed by atoms with van der Waals surface area (Å²) >= 11 is 0. The first-order valence-electron chi connectivity index (χ1n) is 8.84. The molecule has 1 N–H and O–H groups in total. The van der Waals surface area contributed by atoms with E-state index in [9.17, 15) is 9.59 Å². The van der Waals surface area contributed by atoms with Crippen LogP contribution in [-0.4, -0.2) is 60.6 Å². The molecule has 24 heavy (non-hydrogen) atoms. The summed E-state index contributed by atoms with van der Waals surface area (Å²) in [5.41, 5.74) is 3.60. The fourth-order valence-corrected chi connectivity index (χ4v) is 4.20. The average molecular weight is 328 g/mol. The van der Waals surface area contributed by atoms with Crippen LogP contribution in [0.4, 0.5) is 15.3 Å². The Labute approximate surface area is 142 Å². The van der Waals surface area contributed by atoms with E-state index in [4.69, 9.17) is 0 Å². The Hall–Kier alpha value is -2.24.